The Morgan fingerprint density at radius 3 is 2.53 bits per heavy atom. The van der Waals surface area contributed by atoms with Gasteiger partial charge in [0.15, 0.2) is 0 Å². The summed E-state index contributed by atoms with van der Waals surface area (Å²) in [7, 11) is 1.60. The quantitative estimate of drug-likeness (QED) is 0.871. The minimum Gasteiger partial charge on any atom is -0.497 e. The van der Waals surface area contributed by atoms with Crippen LogP contribution in [-0.2, 0) is 9.53 Å². The number of rotatable bonds is 3. The molecule has 4 nitrogen and oxygen atoms in total. The Morgan fingerprint density at radius 2 is 2.06 bits per heavy atom. The van der Waals surface area contributed by atoms with Gasteiger partial charge in [-0.3, -0.25) is 0 Å². The minimum absolute atomic E-state index is 0.379. The molecule has 1 aliphatic heterocycles. The second kappa shape index (κ2) is 4.13. The Balaban J connectivity index is 2.17. The molecule has 1 aromatic rings. The summed E-state index contributed by atoms with van der Waals surface area (Å²) >= 11 is 0. The molecule has 0 spiro atoms. The first-order chi connectivity index (χ1) is 8.05. The van der Waals surface area contributed by atoms with Gasteiger partial charge in [0, 0.05) is 12.0 Å². The van der Waals surface area contributed by atoms with E-state index in [1.165, 1.54) is 0 Å². The summed E-state index contributed by atoms with van der Waals surface area (Å²) in [4.78, 5) is 11.0. The van der Waals surface area contributed by atoms with E-state index >= 15 is 0 Å². The lowest BCUT2D eigenvalue weighted by Gasteiger charge is -2.20. The first-order valence-corrected chi connectivity index (χ1v) is 5.32. The molecule has 0 bridgehead atoms. The lowest BCUT2D eigenvalue weighted by molar-refractivity contribution is -0.154. The molecule has 0 fully saturated rings. The van der Waals surface area contributed by atoms with Gasteiger partial charge in [-0.15, -0.1) is 0 Å². The minimum atomic E-state index is -1.14. The summed E-state index contributed by atoms with van der Waals surface area (Å²) < 4.78 is 10.5. The Kier molecular flexibility index (Phi) is 2.79. The average Bonchev–Trinajstić information content (AvgIpc) is 2.74. The molecule has 1 aliphatic rings. The van der Waals surface area contributed by atoms with Gasteiger partial charge in [0.2, 0.25) is 5.60 Å². The molecule has 17 heavy (non-hydrogen) atoms. The van der Waals surface area contributed by atoms with Gasteiger partial charge in [-0.1, -0.05) is 0 Å². The summed E-state index contributed by atoms with van der Waals surface area (Å²) in [5, 5.41) is 9.04. The van der Waals surface area contributed by atoms with Crippen LogP contribution < -0.4 is 4.74 Å². The van der Waals surface area contributed by atoms with E-state index in [4.69, 9.17) is 14.6 Å². The molecule has 1 aromatic carbocycles. The molecule has 0 radical (unpaired) electrons. The van der Waals surface area contributed by atoms with Gasteiger partial charge in [-0.2, -0.15) is 0 Å². The summed E-state index contributed by atoms with van der Waals surface area (Å²) in [5.41, 5.74) is -0.286. The van der Waals surface area contributed by atoms with E-state index < -0.39 is 11.6 Å². The lowest BCUT2D eigenvalue weighted by atomic mass is 10.0. The van der Waals surface area contributed by atoms with Crippen LogP contribution in [0, 0.1) is 0 Å². The molecule has 0 aromatic heterocycles. The zero-order valence-electron chi connectivity index (χ0n) is 9.77. The molecular formula is C13H14O4. The number of carboxylic acids is 1. The number of carbonyl (C=O) groups is 1. The molecular weight excluding hydrogens is 220 g/mol. The van der Waals surface area contributed by atoms with Gasteiger partial charge in [0.05, 0.1) is 7.11 Å². The van der Waals surface area contributed by atoms with Crippen LogP contribution in [0.3, 0.4) is 0 Å². The highest BCUT2D eigenvalue weighted by Crippen LogP contribution is 2.34. The van der Waals surface area contributed by atoms with E-state index in [1.54, 1.807) is 20.1 Å². The predicted octanol–water partition coefficient (Wildman–Crippen LogP) is 2.30. The van der Waals surface area contributed by atoms with Crippen molar-refractivity contribution >= 4 is 11.7 Å². The van der Waals surface area contributed by atoms with Crippen molar-refractivity contribution in [1.29, 1.82) is 0 Å². The fourth-order valence-electron chi connectivity index (χ4n) is 1.68. The van der Waals surface area contributed by atoms with Gasteiger partial charge in [0.1, 0.15) is 11.5 Å². The molecule has 0 saturated heterocycles. The Hall–Kier alpha value is -1.97. The monoisotopic (exact) mass is 234 g/mol. The largest absolute Gasteiger partial charge is 0.497 e. The SMILES string of the molecule is COc1ccc(C2=CCC(C)(C(=O)O)O2)cc1. The molecule has 2 rings (SSSR count). The molecule has 0 aliphatic carbocycles. The lowest BCUT2D eigenvalue weighted by Crippen LogP contribution is -2.34. The third-order valence-electron chi connectivity index (χ3n) is 2.84. The maximum absolute atomic E-state index is 11.0. The maximum Gasteiger partial charge on any atom is 0.348 e. The van der Waals surface area contributed by atoms with Crippen molar-refractivity contribution in [1.82, 2.24) is 0 Å². The zero-order valence-corrected chi connectivity index (χ0v) is 9.77. The topological polar surface area (TPSA) is 55.8 Å². The Labute approximate surface area is 99.5 Å². The molecule has 1 heterocycles. The first kappa shape index (κ1) is 11.5. The molecule has 90 valence electrons. The molecule has 4 heteroatoms. The van der Waals surface area contributed by atoms with E-state index in [-0.39, 0.29) is 0 Å². The summed E-state index contributed by atoms with van der Waals surface area (Å²) in [6.45, 7) is 1.57. The molecule has 1 atom stereocenters. The smallest absolute Gasteiger partial charge is 0.348 e. The van der Waals surface area contributed by atoms with Crippen LogP contribution in [0.5, 0.6) is 5.75 Å². The summed E-state index contributed by atoms with van der Waals surface area (Å²) in [5.74, 6) is 0.420. The number of ether oxygens (including phenoxy) is 2. The zero-order chi connectivity index (χ0) is 12.5. The fraction of sp³-hybridized carbons (Fsp3) is 0.308. The summed E-state index contributed by atoms with van der Waals surface area (Å²) in [6, 6.07) is 7.32. The van der Waals surface area contributed by atoms with E-state index in [1.807, 2.05) is 24.3 Å². The van der Waals surface area contributed by atoms with Gasteiger partial charge in [-0.05, 0) is 37.3 Å². The highest BCUT2D eigenvalue weighted by atomic mass is 16.5. The van der Waals surface area contributed by atoms with Crippen molar-refractivity contribution in [3.8, 4) is 5.75 Å². The number of aliphatic carboxylic acids is 1. The van der Waals surface area contributed by atoms with Crippen molar-refractivity contribution in [2.75, 3.05) is 7.11 Å². The van der Waals surface area contributed by atoms with Crippen molar-refractivity contribution in [3.05, 3.63) is 35.9 Å². The standard InChI is InChI=1S/C13H14O4/c1-13(12(14)15)8-7-11(17-13)9-3-5-10(16-2)6-4-9/h3-7H,8H2,1-2H3,(H,14,15). The third kappa shape index (κ3) is 2.11. The van der Waals surface area contributed by atoms with Crippen molar-refractivity contribution in [3.63, 3.8) is 0 Å². The van der Waals surface area contributed by atoms with E-state index in [0.29, 0.717) is 12.2 Å². The fourth-order valence-corrected chi connectivity index (χ4v) is 1.68. The number of hydrogen-bond acceptors (Lipinski definition) is 3. The second-order valence-corrected chi connectivity index (χ2v) is 4.14. The van der Waals surface area contributed by atoms with Crippen LogP contribution in [0.4, 0.5) is 0 Å². The normalized spacial score (nSPS) is 22.8. The van der Waals surface area contributed by atoms with Gasteiger partial charge in [0.25, 0.3) is 0 Å². The van der Waals surface area contributed by atoms with Crippen LogP contribution in [0.2, 0.25) is 0 Å². The van der Waals surface area contributed by atoms with Crippen LogP contribution in [0.1, 0.15) is 18.9 Å². The number of methoxy groups -OCH3 is 1. The summed E-state index contributed by atoms with van der Waals surface area (Å²) in [6.07, 6.45) is 2.18. The maximum atomic E-state index is 11.0. The highest BCUT2D eigenvalue weighted by molar-refractivity contribution is 5.81. The Bertz CT molecular complexity index is 461. The number of hydrogen-bond donors (Lipinski definition) is 1. The number of benzene rings is 1. The molecule has 0 saturated carbocycles. The first-order valence-electron chi connectivity index (χ1n) is 5.32. The van der Waals surface area contributed by atoms with Gasteiger partial charge >= 0.3 is 5.97 Å². The van der Waals surface area contributed by atoms with Gasteiger partial charge < -0.3 is 14.6 Å². The van der Waals surface area contributed by atoms with Crippen LogP contribution in [0.25, 0.3) is 5.76 Å². The van der Waals surface area contributed by atoms with E-state index in [9.17, 15) is 4.79 Å². The molecule has 1 unspecified atom stereocenters. The van der Waals surface area contributed by atoms with E-state index in [0.717, 1.165) is 11.3 Å². The molecule has 0 amide bonds. The van der Waals surface area contributed by atoms with E-state index in [2.05, 4.69) is 0 Å². The van der Waals surface area contributed by atoms with Crippen molar-refractivity contribution in [2.24, 2.45) is 0 Å². The van der Waals surface area contributed by atoms with Crippen LogP contribution in [-0.4, -0.2) is 23.8 Å². The van der Waals surface area contributed by atoms with Gasteiger partial charge in [-0.25, -0.2) is 4.79 Å². The Morgan fingerprint density at radius 1 is 1.41 bits per heavy atom. The van der Waals surface area contributed by atoms with Crippen molar-refractivity contribution < 1.29 is 19.4 Å². The van der Waals surface area contributed by atoms with Crippen LogP contribution in [0.15, 0.2) is 30.3 Å². The number of carboxylic acid groups (broad SMARTS) is 1. The highest BCUT2D eigenvalue weighted by Gasteiger charge is 2.39. The predicted molar refractivity (Wildman–Crippen MR) is 62.7 cm³/mol. The molecule has 1 N–H and O–H groups in total. The average molecular weight is 234 g/mol. The van der Waals surface area contributed by atoms with Crippen molar-refractivity contribution in [2.45, 2.75) is 18.9 Å². The second-order valence-electron chi connectivity index (χ2n) is 4.14. The van der Waals surface area contributed by atoms with Crippen LogP contribution >= 0.6 is 0 Å². The third-order valence-corrected chi connectivity index (χ3v) is 2.84.